The van der Waals surface area contributed by atoms with Crippen LogP contribution in [0.3, 0.4) is 0 Å². The van der Waals surface area contributed by atoms with Crippen molar-refractivity contribution in [2.45, 2.75) is 17.9 Å². The Balaban J connectivity index is 1.63. The fraction of sp³-hybridized carbons (Fsp3) is 0.167. The number of aliphatic imine (C=N–C) groups is 1. The Labute approximate surface area is 164 Å². The minimum atomic E-state index is -3.75. The molecule has 0 unspecified atom stereocenters. The van der Waals surface area contributed by atoms with Gasteiger partial charge in [0.1, 0.15) is 29.7 Å². The number of sulfonamides is 1. The highest BCUT2D eigenvalue weighted by molar-refractivity contribution is 7.90. The first-order valence-electron chi connectivity index (χ1n) is 8.30. The lowest BCUT2D eigenvalue weighted by molar-refractivity contribution is -0.151. The van der Waals surface area contributed by atoms with E-state index in [2.05, 4.69) is 9.71 Å². The van der Waals surface area contributed by atoms with Crippen LogP contribution in [-0.2, 0) is 24.3 Å². The van der Waals surface area contributed by atoms with E-state index in [1.165, 1.54) is 19.1 Å². The van der Waals surface area contributed by atoms with Gasteiger partial charge in [-0.25, -0.2) is 17.2 Å². The summed E-state index contributed by atoms with van der Waals surface area (Å²) in [5.41, 5.74) is -0.348. The zero-order valence-electron chi connectivity index (χ0n) is 15.0. The van der Waals surface area contributed by atoms with E-state index in [0.717, 1.165) is 18.2 Å². The number of amidine groups is 1. The minimum absolute atomic E-state index is 0.0249. The average molecular weight is 423 g/mol. The molecule has 2 aromatic carbocycles. The first kappa shape index (κ1) is 20.4. The zero-order valence-corrected chi connectivity index (χ0v) is 15.8. The molecule has 0 aromatic heterocycles. The van der Waals surface area contributed by atoms with Crippen molar-refractivity contribution < 1.29 is 31.5 Å². The Morgan fingerprint density at radius 2 is 1.79 bits per heavy atom. The largest absolute Gasteiger partial charge is 0.451 e. The maximum atomic E-state index is 13.6. The standard InChI is InChI=1S/C18H15F2N3O5S/c1-10(18(25)22-16-12(19)6-4-7-13(16)20)28-15(24)9-21-17-11-5-2-3-8-14(11)29(26,27)23-17/h2-8,10H,9H2,1H3,(H,21,23)(H,22,25)/t10-/m0/s1. The average Bonchev–Trinajstić information content (AvgIpc) is 2.94. The number of benzene rings is 2. The maximum absolute atomic E-state index is 13.6. The predicted octanol–water partition coefficient (Wildman–Crippen LogP) is 1.57. The highest BCUT2D eigenvalue weighted by atomic mass is 32.2. The van der Waals surface area contributed by atoms with Gasteiger partial charge in [0, 0.05) is 5.56 Å². The summed E-state index contributed by atoms with van der Waals surface area (Å²) in [6, 6.07) is 9.15. The molecule has 1 aliphatic heterocycles. The van der Waals surface area contributed by atoms with Gasteiger partial charge in [-0.2, -0.15) is 0 Å². The number of nitrogens with zero attached hydrogens (tertiary/aromatic N) is 1. The van der Waals surface area contributed by atoms with Crippen molar-refractivity contribution in [1.82, 2.24) is 4.72 Å². The van der Waals surface area contributed by atoms with E-state index in [9.17, 15) is 26.8 Å². The molecule has 1 atom stereocenters. The number of rotatable bonds is 5. The van der Waals surface area contributed by atoms with Gasteiger partial charge in [0.25, 0.3) is 15.9 Å². The predicted molar refractivity (Wildman–Crippen MR) is 98.7 cm³/mol. The highest BCUT2D eigenvalue weighted by Crippen LogP contribution is 2.22. The third-order valence-corrected chi connectivity index (χ3v) is 5.31. The van der Waals surface area contributed by atoms with Crippen LogP contribution in [0.15, 0.2) is 52.4 Å². The van der Waals surface area contributed by atoms with Gasteiger partial charge in [0.15, 0.2) is 6.10 Å². The van der Waals surface area contributed by atoms with Gasteiger partial charge in [-0.05, 0) is 31.2 Å². The molecule has 0 radical (unpaired) electrons. The number of halogens is 2. The van der Waals surface area contributed by atoms with Crippen molar-refractivity contribution in [3.05, 3.63) is 59.7 Å². The number of carbonyl (C=O) groups excluding carboxylic acids is 2. The topological polar surface area (TPSA) is 114 Å². The third kappa shape index (κ3) is 4.40. The van der Waals surface area contributed by atoms with Crippen molar-refractivity contribution in [2.24, 2.45) is 4.99 Å². The summed E-state index contributed by atoms with van der Waals surface area (Å²) in [4.78, 5) is 27.9. The molecule has 1 aliphatic rings. The van der Waals surface area contributed by atoms with Gasteiger partial charge < -0.3 is 10.1 Å². The van der Waals surface area contributed by atoms with Crippen molar-refractivity contribution in [1.29, 1.82) is 0 Å². The van der Waals surface area contributed by atoms with Crippen LogP contribution < -0.4 is 10.0 Å². The van der Waals surface area contributed by atoms with E-state index in [1.807, 2.05) is 5.32 Å². The molecule has 1 amide bonds. The summed E-state index contributed by atoms with van der Waals surface area (Å²) in [6.45, 7) is 0.643. The van der Waals surface area contributed by atoms with Gasteiger partial charge >= 0.3 is 5.97 Å². The molecule has 0 spiro atoms. The van der Waals surface area contributed by atoms with Gasteiger partial charge in [0.2, 0.25) is 0 Å². The number of amides is 1. The van der Waals surface area contributed by atoms with Crippen LogP contribution in [0.5, 0.6) is 0 Å². The molecule has 29 heavy (non-hydrogen) atoms. The van der Waals surface area contributed by atoms with Crippen LogP contribution in [0, 0.1) is 11.6 Å². The summed E-state index contributed by atoms with van der Waals surface area (Å²) in [5, 5.41) is 2.01. The van der Waals surface area contributed by atoms with Crippen molar-refractivity contribution in [3.8, 4) is 0 Å². The molecule has 11 heteroatoms. The number of ether oxygens (including phenoxy) is 1. The molecule has 152 valence electrons. The van der Waals surface area contributed by atoms with Crippen molar-refractivity contribution in [2.75, 3.05) is 11.9 Å². The second-order valence-electron chi connectivity index (χ2n) is 5.98. The van der Waals surface area contributed by atoms with E-state index in [0.29, 0.717) is 5.56 Å². The molecule has 0 saturated heterocycles. The van der Waals surface area contributed by atoms with Crippen molar-refractivity contribution in [3.63, 3.8) is 0 Å². The quantitative estimate of drug-likeness (QED) is 0.709. The van der Waals surface area contributed by atoms with Gasteiger partial charge in [-0.1, -0.05) is 18.2 Å². The third-order valence-electron chi connectivity index (χ3n) is 3.92. The zero-order chi connectivity index (χ0) is 21.2. The fourth-order valence-electron chi connectivity index (χ4n) is 2.52. The number of para-hydroxylation sites is 1. The lowest BCUT2D eigenvalue weighted by Crippen LogP contribution is -2.31. The summed E-state index contributed by atoms with van der Waals surface area (Å²) in [5.74, 6) is -3.85. The number of esters is 1. The lowest BCUT2D eigenvalue weighted by atomic mass is 10.2. The first-order chi connectivity index (χ1) is 13.7. The molecule has 3 rings (SSSR count). The number of hydrogen-bond acceptors (Lipinski definition) is 6. The van der Waals surface area contributed by atoms with Gasteiger partial charge in [0.05, 0.1) is 4.90 Å². The Bertz CT molecular complexity index is 1100. The van der Waals surface area contributed by atoms with E-state index >= 15 is 0 Å². The molecule has 8 nitrogen and oxygen atoms in total. The van der Waals surface area contributed by atoms with Crippen LogP contribution in [-0.4, -0.2) is 38.8 Å². The highest BCUT2D eigenvalue weighted by Gasteiger charge is 2.30. The minimum Gasteiger partial charge on any atom is -0.451 e. The Morgan fingerprint density at radius 3 is 2.48 bits per heavy atom. The second-order valence-corrected chi connectivity index (χ2v) is 7.64. The summed E-state index contributed by atoms with van der Waals surface area (Å²) in [6.07, 6.45) is -1.37. The van der Waals surface area contributed by atoms with Crippen LogP contribution in [0.25, 0.3) is 0 Å². The first-order valence-corrected chi connectivity index (χ1v) is 9.78. The summed E-state index contributed by atoms with van der Waals surface area (Å²) in [7, 11) is -3.75. The van der Waals surface area contributed by atoms with Crippen molar-refractivity contribution >= 4 is 33.4 Å². The van der Waals surface area contributed by atoms with Gasteiger partial charge in [-0.15, -0.1) is 0 Å². The SMILES string of the molecule is C[C@H](OC(=O)CN=C1NS(=O)(=O)c2ccccc21)C(=O)Nc1c(F)cccc1F. The number of hydrogen-bond donors (Lipinski definition) is 2. The van der Waals surface area contributed by atoms with E-state index in [4.69, 9.17) is 4.74 Å². The second kappa shape index (κ2) is 7.95. The maximum Gasteiger partial charge on any atom is 0.328 e. The Kier molecular flexibility index (Phi) is 5.59. The molecule has 0 saturated carbocycles. The number of nitrogens with one attached hydrogen (secondary N) is 2. The Hall–Kier alpha value is -3.34. The van der Waals surface area contributed by atoms with Crippen LogP contribution in [0.2, 0.25) is 0 Å². The molecular formula is C18H15F2N3O5S. The molecule has 2 N–H and O–H groups in total. The number of carbonyl (C=O) groups is 2. The number of anilines is 1. The molecule has 0 aliphatic carbocycles. The smallest absolute Gasteiger partial charge is 0.328 e. The van der Waals surface area contributed by atoms with Crippen LogP contribution in [0.4, 0.5) is 14.5 Å². The van der Waals surface area contributed by atoms with E-state index in [-0.39, 0.29) is 10.7 Å². The van der Waals surface area contributed by atoms with Gasteiger partial charge in [-0.3, -0.25) is 19.3 Å². The Morgan fingerprint density at radius 1 is 1.14 bits per heavy atom. The fourth-order valence-corrected chi connectivity index (χ4v) is 3.78. The molecule has 0 fully saturated rings. The summed E-state index contributed by atoms with van der Waals surface area (Å²) >= 11 is 0. The number of fused-ring (bicyclic) bond motifs is 1. The summed E-state index contributed by atoms with van der Waals surface area (Å²) < 4.78 is 58.2. The van der Waals surface area contributed by atoms with E-state index < -0.39 is 51.9 Å². The van der Waals surface area contributed by atoms with Crippen LogP contribution in [0.1, 0.15) is 12.5 Å². The molecule has 2 aromatic rings. The molecule has 1 heterocycles. The molecular weight excluding hydrogens is 408 g/mol. The van der Waals surface area contributed by atoms with Crippen LogP contribution >= 0.6 is 0 Å². The normalized spacial score (nSPS) is 16.6. The lowest BCUT2D eigenvalue weighted by Gasteiger charge is -2.13. The molecule has 0 bridgehead atoms. The van der Waals surface area contributed by atoms with E-state index in [1.54, 1.807) is 12.1 Å². The monoisotopic (exact) mass is 423 g/mol.